The fourth-order valence-electron chi connectivity index (χ4n) is 1.42. The van der Waals surface area contributed by atoms with Crippen molar-refractivity contribution < 1.29 is 14.0 Å². The zero-order valence-corrected chi connectivity index (χ0v) is 10.8. The van der Waals surface area contributed by atoms with Gasteiger partial charge in [-0.25, -0.2) is 4.39 Å². The first-order valence-electron chi connectivity index (χ1n) is 5.53. The fraction of sp³-hybridized carbons (Fsp3) is 0. The lowest BCUT2D eigenvalue weighted by Gasteiger charge is -2.08. The maximum Gasteiger partial charge on any atom is 0.272 e. The average molecular weight is 294 g/mol. The molecule has 2 amide bonds. The van der Waals surface area contributed by atoms with Crippen LogP contribution in [0.15, 0.2) is 42.7 Å². The molecule has 1 aromatic carbocycles. The number of pyridine rings is 1. The van der Waals surface area contributed by atoms with Crippen LogP contribution in [0.2, 0.25) is 5.02 Å². The van der Waals surface area contributed by atoms with E-state index in [1.54, 1.807) is 6.07 Å². The third-order valence-electron chi connectivity index (χ3n) is 2.39. The number of halogens is 2. The van der Waals surface area contributed by atoms with Crippen LogP contribution in [0.1, 0.15) is 20.7 Å². The van der Waals surface area contributed by atoms with Gasteiger partial charge in [-0.2, -0.15) is 0 Å². The summed E-state index contributed by atoms with van der Waals surface area (Å²) < 4.78 is 13.4. The van der Waals surface area contributed by atoms with Crippen LogP contribution < -0.4 is 10.9 Å². The van der Waals surface area contributed by atoms with Crippen molar-refractivity contribution in [1.29, 1.82) is 0 Å². The molecule has 0 atom stereocenters. The number of carbonyl (C=O) groups is 2. The Morgan fingerprint density at radius 3 is 2.60 bits per heavy atom. The molecule has 1 aromatic heterocycles. The highest BCUT2D eigenvalue weighted by Crippen LogP contribution is 2.14. The standard InChI is InChI=1S/C13H9ClFN3O2/c14-9-3-4-11(15)10(6-9)13(20)18-17-12(19)8-2-1-5-16-7-8/h1-7H,(H,17,19)(H,18,20). The van der Waals surface area contributed by atoms with Crippen molar-refractivity contribution in [3.05, 3.63) is 64.7 Å². The van der Waals surface area contributed by atoms with Crippen LogP contribution in [0.5, 0.6) is 0 Å². The van der Waals surface area contributed by atoms with E-state index in [-0.39, 0.29) is 16.1 Å². The van der Waals surface area contributed by atoms with Crippen LogP contribution in [0.25, 0.3) is 0 Å². The lowest BCUT2D eigenvalue weighted by molar-refractivity contribution is 0.0844. The first-order valence-corrected chi connectivity index (χ1v) is 5.91. The highest BCUT2D eigenvalue weighted by atomic mass is 35.5. The van der Waals surface area contributed by atoms with Gasteiger partial charge in [-0.3, -0.25) is 25.4 Å². The number of hydrazine groups is 1. The summed E-state index contributed by atoms with van der Waals surface area (Å²) in [6, 6.07) is 6.66. The molecule has 0 radical (unpaired) electrons. The van der Waals surface area contributed by atoms with E-state index in [0.717, 1.165) is 6.07 Å². The molecule has 7 heteroatoms. The molecule has 0 aliphatic carbocycles. The molecule has 102 valence electrons. The molecule has 0 fully saturated rings. The van der Waals surface area contributed by atoms with Crippen LogP contribution in [0.3, 0.4) is 0 Å². The Kier molecular flexibility index (Phi) is 4.27. The van der Waals surface area contributed by atoms with Gasteiger partial charge in [0.2, 0.25) is 0 Å². The number of nitrogens with one attached hydrogen (secondary N) is 2. The quantitative estimate of drug-likeness (QED) is 0.831. The summed E-state index contributed by atoms with van der Waals surface area (Å²) in [7, 11) is 0. The largest absolute Gasteiger partial charge is 0.272 e. The minimum Gasteiger partial charge on any atom is -0.267 e. The van der Waals surface area contributed by atoms with Crippen molar-refractivity contribution in [2.24, 2.45) is 0 Å². The maximum atomic E-state index is 13.4. The van der Waals surface area contributed by atoms with Crippen LogP contribution in [-0.2, 0) is 0 Å². The number of amides is 2. The minimum absolute atomic E-state index is 0.218. The van der Waals surface area contributed by atoms with Crippen molar-refractivity contribution >= 4 is 23.4 Å². The predicted octanol–water partition coefficient (Wildman–Crippen LogP) is 1.95. The molecule has 0 spiro atoms. The lowest BCUT2D eigenvalue weighted by Crippen LogP contribution is -2.42. The number of carbonyl (C=O) groups excluding carboxylic acids is 2. The highest BCUT2D eigenvalue weighted by Gasteiger charge is 2.13. The van der Waals surface area contributed by atoms with Gasteiger partial charge in [0, 0.05) is 17.4 Å². The SMILES string of the molecule is O=C(NNC(=O)c1cc(Cl)ccc1F)c1cccnc1. The van der Waals surface area contributed by atoms with Crippen molar-refractivity contribution in [2.75, 3.05) is 0 Å². The number of nitrogens with zero attached hydrogens (tertiary/aromatic N) is 1. The van der Waals surface area contributed by atoms with Crippen molar-refractivity contribution in [3.8, 4) is 0 Å². The summed E-state index contributed by atoms with van der Waals surface area (Å²) in [5, 5.41) is 0.218. The number of rotatable bonds is 2. The van der Waals surface area contributed by atoms with E-state index < -0.39 is 17.6 Å². The van der Waals surface area contributed by atoms with Gasteiger partial charge in [0.25, 0.3) is 11.8 Å². The summed E-state index contributed by atoms with van der Waals surface area (Å²) in [6.45, 7) is 0. The van der Waals surface area contributed by atoms with E-state index in [1.165, 1.54) is 30.6 Å². The number of benzene rings is 1. The van der Waals surface area contributed by atoms with Gasteiger partial charge >= 0.3 is 0 Å². The molecule has 0 bridgehead atoms. The van der Waals surface area contributed by atoms with Gasteiger partial charge in [0.15, 0.2) is 0 Å². The third-order valence-corrected chi connectivity index (χ3v) is 2.62. The predicted molar refractivity (Wildman–Crippen MR) is 70.6 cm³/mol. The van der Waals surface area contributed by atoms with Crippen LogP contribution in [-0.4, -0.2) is 16.8 Å². The molecule has 0 saturated heterocycles. The Morgan fingerprint density at radius 2 is 1.90 bits per heavy atom. The molecule has 0 aliphatic heterocycles. The van der Waals surface area contributed by atoms with E-state index in [0.29, 0.717) is 0 Å². The maximum absolute atomic E-state index is 13.4. The van der Waals surface area contributed by atoms with Crippen molar-refractivity contribution in [1.82, 2.24) is 15.8 Å². The number of hydrogen-bond donors (Lipinski definition) is 2. The number of aromatic nitrogens is 1. The molecule has 0 saturated carbocycles. The second-order valence-electron chi connectivity index (χ2n) is 3.77. The molecule has 2 N–H and O–H groups in total. The van der Waals surface area contributed by atoms with E-state index in [2.05, 4.69) is 15.8 Å². The van der Waals surface area contributed by atoms with E-state index in [9.17, 15) is 14.0 Å². The molecule has 20 heavy (non-hydrogen) atoms. The molecule has 0 aliphatic rings. The van der Waals surface area contributed by atoms with E-state index in [4.69, 9.17) is 11.6 Å². The Morgan fingerprint density at radius 1 is 1.15 bits per heavy atom. The Bertz CT molecular complexity index is 649. The first-order chi connectivity index (χ1) is 9.58. The Hall–Kier alpha value is -2.47. The second-order valence-corrected chi connectivity index (χ2v) is 4.21. The molecule has 1 heterocycles. The summed E-state index contributed by atoms with van der Waals surface area (Å²) in [5.74, 6) is -2.10. The monoisotopic (exact) mass is 293 g/mol. The molecule has 5 nitrogen and oxygen atoms in total. The van der Waals surface area contributed by atoms with Crippen LogP contribution in [0.4, 0.5) is 4.39 Å². The first kappa shape index (κ1) is 14.0. The molecular formula is C13H9ClFN3O2. The van der Waals surface area contributed by atoms with Crippen molar-refractivity contribution in [3.63, 3.8) is 0 Å². The Labute approximate surface area is 118 Å². The zero-order valence-electron chi connectivity index (χ0n) is 10.1. The van der Waals surface area contributed by atoms with Crippen LogP contribution in [0, 0.1) is 5.82 Å². The van der Waals surface area contributed by atoms with Gasteiger partial charge in [0.1, 0.15) is 5.82 Å². The summed E-state index contributed by atoms with van der Waals surface area (Å²) >= 11 is 5.68. The average Bonchev–Trinajstić information content (AvgIpc) is 2.47. The van der Waals surface area contributed by atoms with Gasteiger partial charge in [0.05, 0.1) is 11.1 Å². The molecular weight excluding hydrogens is 285 g/mol. The smallest absolute Gasteiger partial charge is 0.267 e. The highest BCUT2D eigenvalue weighted by molar-refractivity contribution is 6.31. The van der Waals surface area contributed by atoms with Gasteiger partial charge in [-0.15, -0.1) is 0 Å². The zero-order chi connectivity index (χ0) is 14.5. The number of hydrogen-bond acceptors (Lipinski definition) is 3. The molecule has 2 rings (SSSR count). The van der Waals surface area contributed by atoms with Crippen LogP contribution >= 0.6 is 11.6 Å². The van der Waals surface area contributed by atoms with E-state index >= 15 is 0 Å². The molecule has 0 unspecified atom stereocenters. The summed E-state index contributed by atoms with van der Waals surface area (Å²) in [6.07, 6.45) is 2.85. The Balaban J connectivity index is 2.02. The van der Waals surface area contributed by atoms with Gasteiger partial charge in [-0.1, -0.05) is 11.6 Å². The van der Waals surface area contributed by atoms with Gasteiger partial charge in [-0.05, 0) is 30.3 Å². The molecule has 2 aromatic rings. The third kappa shape index (κ3) is 3.30. The minimum atomic E-state index is -0.803. The summed E-state index contributed by atoms with van der Waals surface area (Å²) in [4.78, 5) is 27.1. The van der Waals surface area contributed by atoms with Gasteiger partial charge < -0.3 is 0 Å². The lowest BCUT2D eigenvalue weighted by atomic mass is 10.2. The normalized spacial score (nSPS) is 9.90. The van der Waals surface area contributed by atoms with E-state index in [1.807, 2.05) is 0 Å². The summed E-state index contributed by atoms with van der Waals surface area (Å²) in [5.41, 5.74) is 4.26. The fourth-order valence-corrected chi connectivity index (χ4v) is 1.59. The second kappa shape index (κ2) is 6.12. The topological polar surface area (TPSA) is 71.1 Å². The van der Waals surface area contributed by atoms with Crippen molar-refractivity contribution in [2.45, 2.75) is 0 Å².